The minimum absolute atomic E-state index is 0.0680. The monoisotopic (exact) mass is 419 g/mol. The van der Waals surface area contributed by atoms with Crippen LogP contribution >= 0.6 is 0 Å². The molecule has 0 bridgehead atoms. The summed E-state index contributed by atoms with van der Waals surface area (Å²) in [6.45, 7) is 1.50. The lowest BCUT2D eigenvalue weighted by Gasteiger charge is -2.19. The van der Waals surface area contributed by atoms with Crippen molar-refractivity contribution in [3.8, 4) is 5.75 Å². The fourth-order valence-electron chi connectivity index (χ4n) is 3.32. The third-order valence-electron chi connectivity index (χ3n) is 4.84. The summed E-state index contributed by atoms with van der Waals surface area (Å²) in [6.07, 6.45) is 1.22. The second-order valence-electron chi connectivity index (χ2n) is 6.94. The van der Waals surface area contributed by atoms with E-state index in [1.54, 1.807) is 30.3 Å². The Morgan fingerprint density at radius 1 is 1.24 bits per heavy atom. The molecule has 0 aliphatic carbocycles. The number of rotatable bonds is 8. The number of nitrogens with one attached hydrogen (secondary N) is 2. The Morgan fingerprint density at radius 3 is 2.62 bits per heavy atom. The maximum Gasteiger partial charge on any atom is 0.236 e. The fraction of sp³-hybridized carbons (Fsp3) is 0.350. The maximum absolute atomic E-state index is 13.1. The molecule has 1 fully saturated rings. The molecule has 2 aromatic rings. The first-order valence-electron chi connectivity index (χ1n) is 9.34. The van der Waals surface area contributed by atoms with E-state index in [4.69, 9.17) is 4.74 Å². The molecule has 1 saturated heterocycles. The van der Waals surface area contributed by atoms with Gasteiger partial charge in [-0.05, 0) is 61.3 Å². The van der Waals surface area contributed by atoms with Crippen molar-refractivity contribution in [3.63, 3.8) is 0 Å². The highest BCUT2D eigenvalue weighted by atomic mass is 32.2. The van der Waals surface area contributed by atoms with E-state index < -0.39 is 9.84 Å². The van der Waals surface area contributed by atoms with Gasteiger partial charge in [0.05, 0.1) is 23.4 Å². The number of hydrogen-bond acceptors (Lipinski definition) is 7. The van der Waals surface area contributed by atoms with Crippen LogP contribution in [0.5, 0.6) is 5.75 Å². The quantitative estimate of drug-likeness (QED) is 0.560. The molecule has 9 heteroatoms. The van der Waals surface area contributed by atoms with Crippen molar-refractivity contribution in [1.82, 2.24) is 15.9 Å². The number of hydrogen-bond donors (Lipinski definition) is 3. The topological polar surface area (TPSA) is 108 Å². The van der Waals surface area contributed by atoms with Crippen molar-refractivity contribution in [2.75, 3.05) is 20.2 Å². The molecule has 1 aliphatic heterocycles. The zero-order valence-corrected chi connectivity index (χ0v) is 17.0. The first kappa shape index (κ1) is 21.3. The van der Waals surface area contributed by atoms with E-state index in [1.165, 1.54) is 25.3 Å². The number of hydroxylamine groups is 1. The molecule has 1 amide bonds. The Kier molecular flexibility index (Phi) is 6.86. The summed E-state index contributed by atoms with van der Waals surface area (Å²) in [4.78, 5) is 12.3. The van der Waals surface area contributed by atoms with Gasteiger partial charge in [0.1, 0.15) is 5.75 Å². The highest BCUT2D eigenvalue weighted by molar-refractivity contribution is 7.91. The van der Waals surface area contributed by atoms with E-state index in [0.29, 0.717) is 22.9 Å². The molecule has 1 aliphatic rings. The van der Waals surface area contributed by atoms with Crippen LogP contribution in [-0.4, -0.2) is 44.9 Å². The Morgan fingerprint density at radius 2 is 1.97 bits per heavy atom. The van der Waals surface area contributed by atoms with Crippen LogP contribution in [0.1, 0.15) is 18.4 Å². The van der Waals surface area contributed by atoms with Crippen molar-refractivity contribution in [1.29, 1.82) is 0 Å². The van der Waals surface area contributed by atoms with Gasteiger partial charge in [0.15, 0.2) is 0 Å². The van der Waals surface area contributed by atoms with E-state index in [1.807, 2.05) is 0 Å². The lowest BCUT2D eigenvalue weighted by molar-refractivity contribution is -0.166. The van der Waals surface area contributed by atoms with Gasteiger partial charge in [-0.2, -0.15) is 0 Å². The molecule has 2 aromatic carbocycles. The smallest absolute Gasteiger partial charge is 0.236 e. The van der Waals surface area contributed by atoms with E-state index in [-0.39, 0.29) is 28.2 Å². The van der Waals surface area contributed by atoms with Gasteiger partial charge < -0.3 is 10.1 Å². The van der Waals surface area contributed by atoms with Gasteiger partial charge in [0, 0.05) is 6.42 Å². The van der Waals surface area contributed by atoms with Gasteiger partial charge in [0.2, 0.25) is 15.7 Å². The van der Waals surface area contributed by atoms with Crippen LogP contribution in [-0.2, 0) is 21.2 Å². The van der Waals surface area contributed by atoms with E-state index in [9.17, 15) is 18.4 Å². The molecule has 0 aromatic heterocycles. The summed E-state index contributed by atoms with van der Waals surface area (Å²) < 4.78 is 31.2. The van der Waals surface area contributed by atoms with Crippen LogP contribution in [0.15, 0.2) is 58.3 Å². The molecule has 156 valence electrons. The molecule has 1 atom stereocenters. The van der Waals surface area contributed by atoms with Gasteiger partial charge >= 0.3 is 0 Å². The largest absolute Gasteiger partial charge is 0.497 e. The van der Waals surface area contributed by atoms with Gasteiger partial charge in [-0.15, -0.1) is 0 Å². The van der Waals surface area contributed by atoms with Crippen LogP contribution < -0.4 is 15.5 Å². The molecule has 3 rings (SSSR count). The lowest BCUT2D eigenvalue weighted by atomic mass is 10.1. The zero-order chi connectivity index (χ0) is 20.9. The predicted molar refractivity (Wildman–Crippen MR) is 106 cm³/mol. The molecule has 0 spiro atoms. The Balaban J connectivity index is 1.72. The van der Waals surface area contributed by atoms with Crippen molar-refractivity contribution in [2.45, 2.75) is 29.2 Å². The SMILES string of the molecule is COc1ccc(S(=O)(=O)c2ccccc2CN(O)NC(=O)CC2CCNC2)cc1. The summed E-state index contributed by atoms with van der Waals surface area (Å²) in [5.74, 6) is 0.488. The Labute approximate surface area is 170 Å². The normalized spacial score (nSPS) is 16.7. The number of carbonyl (C=O) groups excluding carboxylic acids is 1. The summed E-state index contributed by atoms with van der Waals surface area (Å²) >= 11 is 0. The van der Waals surface area contributed by atoms with Crippen LogP contribution in [0.25, 0.3) is 0 Å². The molecule has 0 saturated carbocycles. The number of hydrazine groups is 1. The molecule has 3 N–H and O–H groups in total. The van der Waals surface area contributed by atoms with Crippen LogP contribution in [0.4, 0.5) is 0 Å². The number of benzene rings is 2. The Bertz CT molecular complexity index is 941. The van der Waals surface area contributed by atoms with Crippen molar-refractivity contribution >= 4 is 15.7 Å². The van der Waals surface area contributed by atoms with Gasteiger partial charge in [-0.25, -0.2) is 8.42 Å². The second kappa shape index (κ2) is 9.36. The zero-order valence-electron chi connectivity index (χ0n) is 16.2. The molecule has 1 heterocycles. The van der Waals surface area contributed by atoms with Crippen LogP contribution in [0.2, 0.25) is 0 Å². The third kappa shape index (κ3) is 5.33. The number of nitrogens with zero attached hydrogens (tertiary/aromatic N) is 1. The van der Waals surface area contributed by atoms with Gasteiger partial charge in [-0.1, -0.05) is 23.4 Å². The van der Waals surface area contributed by atoms with Crippen molar-refractivity contribution in [2.24, 2.45) is 5.92 Å². The molecule has 29 heavy (non-hydrogen) atoms. The summed E-state index contributed by atoms with van der Waals surface area (Å²) in [6, 6.07) is 12.5. The third-order valence-corrected chi connectivity index (χ3v) is 6.71. The van der Waals surface area contributed by atoms with E-state index >= 15 is 0 Å². The van der Waals surface area contributed by atoms with Gasteiger partial charge in [0.25, 0.3) is 0 Å². The first-order valence-corrected chi connectivity index (χ1v) is 10.8. The van der Waals surface area contributed by atoms with Crippen LogP contribution in [0, 0.1) is 5.92 Å². The molecule has 1 unspecified atom stereocenters. The minimum Gasteiger partial charge on any atom is -0.497 e. The number of amides is 1. The molecule has 0 radical (unpaired) electrons. The molecular formula is C20H25N3O5S. The van der Waals surface area contributed by atoms with Crippen molar-refractivity contribution < 1.29 is 23.2 Å². The summed E-state index contributed by atoms with van der Waals surface area (Å²) in [7, 11) is -2.30. The molecular weight excluding hydrogens is 394 g/mol. The van der Waals surface area contributed by atoms with E-state index in [0.717, 1.165) is 19.5 Å². The first-order chi connectivity index (χ1) is 13.9. The average molecular weight is 420 g/mol. The number of carbonyl (C=O) groups is 1. The van der Waals surface area contributed by atoms with Crippen molar-refractivity contribution in [3.05, 3.63) is 54.1 Å². The second-order valence-corrected chi connectivity index (χ2v) is 8.86. The molecule has 8 nitrogen and oxygen atoms in total. The fourth-order valence-corrected chi connectivity index (χ4v) is 4.80. The van der Waals surface area contributed by atoms with Crippen LogP contribution in [0.3, 0.4) is 0 Å². The van der Waals surface area contributed by atoms with Gasteiger partial charge in [-0.3, -0.25) is 15.4 Å². The number of sulfone groups is 1. The average Bonchev–Trinajstić information content (AvgIpc) is 3.21. The number of methoxy groups -OCH3 is 1. The predicted octanol–water partition coefficient (Wildman–Crippen LogP) is 1.75. The minimum atomic E-state index is -3.80. The Hall–Kier alpha value is -2.46. The lowest BCUT2D eigenvalue weighted by Crippen LogP contribution is -2.40. The highest BCUT2D eigenvalue weighted by Gasteiger charge is 2.23. The maximum atomic E-state index is 13.1. The van der Waals surface area contributed by atoms with E-state index in [2.05, 4.69) is 10.7 Å². The summed E-state index contributed by atoms with van der Waals surface area (Å²) in [5.41, 5.74) is 2.77. The standard InChI is InChI=1S/C20H25N3O5S/c1-28-17-6-8-18(9-7-17)29(26,27)19-5-3-2-4-16(19)14-23(25)22-20(24)12-15-10-11-21-13-15/h2-9,15,21,25H,10-14H2,1H3,(H,22,24). The summed E-state index contributed by atoms with van der Waals surface area (Å²) in [5, 5.41) is 14.0. The number of ether oxygens (including phenoxy) is 1. The highest BCUT2D eigenvalue weighted by Crippen LogP contribution is 2.26.